The Balaban J connectivity index is 1.77. The van der Waals surface area contributed by atoms with Crippen molar-refractivity contribution < 1.29 is 4.74 Å². The predicted octanol–water partition coefficient (Wildman–Crippen LogP) is 7.71. The minimum absolute atomic E-state index is 0.289. The zero-order valence-corrected chi connectivity index (χ0v) is 20.7. The van der Waals surface area contributed by atoms with E-state index in [1.807, 2.05) is 24.3 Å². The highest BCUT2D eigenvalue weighted by atomic mass is 16.5. The van der Waals surface area contributed by atoms with Crippen LogP contribution in [0.15, 0.2) is 94.4 Å². The van der Waals surface area contributed by atoms with Crippen LogP contribution >= 0.6 is 0 Å². The molecular weight excluding hydrogens is 416 g/mol. The van der Waals surface area contributed by atoms with Gasteiger partial charge in [0, 0.05) is 16.5 Å². The normalized spacial score (nSPS) is 21.8. The van der Waals surface area contributed by atoms with E-state index in [0.717, 1.165) is 34.8 Å². The van der Waals surface area contributed by atoms with Gasteiger partial charge in [-0.3, -0.25) is 4.99 Å². The second kappa shape index (κ2) is 8.72. The van der Waals surface area contributed by atoms with Crippen LogP contribution in [0.5, 0.6) is 5.75 Å². The Kier molecular flexibility index (Phi) is 5.73. The maximum absolute atomic E-state index is 5.66. The van der Waals surface area contributed by atoms with Gasteiger partial charge >= 0.3 is 0 Å². The van der Waals surface area contributed by atoms with E-state index in [-0.39, 0.29) is 5.54 Å². The molecule has 0 amide bonds. The van der Waals surface area contributed by atoms with E-state index in [0.29, 0.717) is 11.8 Å². The summed E-state index contributed by atoms with van der Waals surface area (Å²) in [5.74, 6) is 1.59. The largest absolute Gasteiger partial charge is 0.497 e. The van der Waals surface area contributed by atoms with Crippen LogP contribution in [0.25, 0.3) is 10.8 Å². The van der Waals surface area contributed by atoms with Gasteiger partial charge in [-0.15, -0.1) is 0 Å². The lowest BCUT2D eigenvalue weighted by molar-refractivity contribution is 0.342. The Morgan fingerprint density at radius 2 is 1.53 bits per heavy atom. The predicted molar refractivity (Wildman–Crippen MR) is 144 cm³/mol. The minimum atomic E-state index is -0.289. The lowest BCUT2D eigenvalue weighted by Gasteiger charge is -2.40. The third-order valence-electron chi connectivity index (χ3n) is 7.18. The SMILES string of the molecule is COc1ccc(/N=C2/C(=N/C3(C(C)C)CC=CC=C3C(C)C)c3cccc4cccc2c34)cc1. The Morgan fingerprint density at radius 1 is 0.853 bits per heavy atom. The molecule has 3 aromatic rings. The van der Waals surface area contributed by atoms with Crippen molar-refractivity contribution >= 4 is 27.9 Å². The lowest BCUT2D eigenvalue weighted by atomic mass is 9.71. The van der Waals surface area contributed by atoms with Gasteiger partial charge in [0.2, 0.25) is 0 Å². The molecule has 0 heterocycles. The Labute approximate surface area is 202 Å². The molecule has 0 fully saturated rings. The summed E-state index contributed by atoms with van der Waals surface area (Å²) in [6.07, 6.45) is 7.63. The van der Waals surface area contributed by atoms with Crippen molar-refractivity contribution in [1.29, 1.82) is 0 Å². The van der Waals surface area contributed by atoms with Gasteiger partial charge in [0.25, 0.3) is 0 Å². The van der Waals surface area contributed by atoms with E-state index in [4.69, 9.17) is 14.7 Å². The van der Waals surface area contributed by atoms with Gasteiger partial charge in [0.1, 0.15) is 5.75 Å². The van der Waals surface area contributed by atoms with Gasteiger partial charge in [-0.25, -0.2) is 4.99 Å². The number of hydrogen-bond acceptors (Lipinski definition) is 3. The molecule has 0 aliphatic heterocycles. The average Bonchev–Trinajstić information content (AvgIpc) is 3.14. The van der Waals surface area contributed by atoms with Crippen molar-refractivity contribution in [3.63, 3.8) is 0 Å². The molecule has 2 aliphatic carbocycles. The smallest absolute Gasteiger partial charge is 0.119 e. The fourth-order valence-electron chi connectivity index (χ4n) is 5.38. The van der Waals surface area contributed by atoms with Crippen molar-refractivity contribution in [2.45, 2.75) is 39.7 Å². The second-order valence-corrected chi connectivity index (χ2v) is 9.82. The van der Waals surface area contributed by atoms with E-state index in [2.05, 4.69) is 82.3 Å². The first-order valence-corrected chi connectivity index (χ1v) is 12.2. The van der Waals surface area contributed by atoms with Crippen molar-refractivity contribution in [2.75, 3.05) is 7.11 Å². The van der Waals surface area contributed by atoms with Gasteiger partial charge < -0.3 is 4.74 Å². The Bertz CT molecular complexity index is 1350. The standard InChI is InChI=1S/C31H32N2O/c1-20(2)27-14-6-7-19-31(27,21(3)4)33-30-26-13-9-11-22-10-8-12-25(28(22)26)29(30)32-23-15-17-24(34-5)18-16-23/h6-18,20-21H,19H2,1-5H3/b32-29+,33-30+. The molecular formula is C31H32N2O. The van der Waals surface area contributed by atoms with Crippen LogP contribution in [0.4, 0.5) is 5.69 Å². The molecule has 2 aliphatic rings. The molecule has 172 valence electrons. The van der Waals surface area contributed by atoms with E-state index in [1.165, 1.54) is 21.9 Å². The molecule has 0 spiro atoms. The monoisotopic (exact) mass is 448 g/mol. The summed E-state index contributed by atoms with van der Waals surface area (Å²) in [5, 5.41) is 2.47. The third-order valence-corrected chi connectivity index (χ3v) is 7.18. The number of ether oxygens (including phenoxy) is 1. The van der Waals surface area contributed by atoms with E-state index < -0.39 is 0 Å². The minimum Gasteiger partial charge on any atom is -0.497 e. The third kappa shape index (κ3) is 3.60. The fourth-order valence-corrected chi connectivity index (χ4v) is 5.38. The summed E-state index contributed by atoms with van der Waals surface area (Å²) < 4.78 is 5.35. The molecule has 5 rings (SSSR count). The molecule has 3 heteroatoms. The molecule has 0 bridgehead atoms. The van der Waals surface area contributed by atoms with Gasteiger partial charge in [-0.2, -0.15) is 0 Å². The summed E-state index contributed by atoms with van der Waals surface area (Å²) in [4.78, 5) is 10.8. The zero-order chi connectivity index (χ0) is 23.9. The van der Waals surface area contributed by atoms with E-state index in [9.17, 15) is 0 Å². The summed E-state index contributed by atoms with van der Waals surface area (Å²) in [7, 11) is 1.68. The number of nitrogens with zero attached hydrogens (tertiary/aromatic N) is 2. The number of benzene rings is 3. The maximum Gasteiger partial charge on any atom is 0.119 e. The lowest BCUT2D eigenvalue weighted by Crippen LogP contribution is -2.40. The molecule has 0 saturated heterocycles. The molecule has 1 atom stereocenters. The van der Waals surface area contributed by atoms with E-state index >= 15 is 0 Å². The van der Waals surface area contributed by atoms with Crippen molar-refractivity contribution in [3.05, 3.63) is 95.6 Å². The Morgan fingerprint density at radius 3 is 2.15 bits per heavy atom. The van der Waals surface area contributed by atoms with Crippen LogP contribution in [-0.2, 0) is 0 Å². The van der Waals surface area contributed by atoms with Gasteiger partial charge in [0.05, 0.1) is 29.8 Å². The number of aliphatic imine (C=N–C) groups is 2. The molecule has 0 aromatic heterocycles. The van der Waals surface area contributed by atoms with Gasteiger partial charge in [0.15, 0.2) is 0 Å². The van der Waals surface area contributed by atoms with Crippen LogP contribution in [0.1, 0.15) is 45.2 Å². The van der Waals surface area contributed by atoms with E-state index in [1.54, 1.807) is 7.11 Å². The first kappa shape index (κ1) is 22.3. The van der Waals surface area contributed by atoms with Crippen LogP contribution in [0.3, 0.4) is 0 Å². The first-order chi connectivity index (χ1) is 16.4. The quantitative estimate of drug-likeness (QED) is 0.393. The second-order valence-electron chi connectivity index (χ2n) is 9.82. The number of methoxy groups -OCH3 is 1. The summed E-state index contributed by atoms with van der Waals surface area (Å²) >= 11 is 0. The van der Waals surface area contributed by atoms with Crippen LogP contribution in [-0.4, -0.2) is 24.1 Å². The molecule has 0 N–H and O–H groups in total. The van der Waals surface area contributed by atoms with Crippen LogP contribution in [0, 0.1) is 11.8 Å². The van der Waals surface area contributed by atoms with Crippen molar-refractivity contribution in [2.24, 2.45) is 21.8 Å². The number of allylic oxidation sites excluding steroid dienone is 2. The topological polar surface area (TPSA) is 34.0 Å². The maximum atomic E-state index is 5.66. The van der Waals surface area contributed by atoms with Crippen LogP contribution < -0.4 is 4.74 Å². The van der Waals surface area contributed by atoms with Gasteiger partial charge in [-0.1, -0.05) is 82.3 Å². The summed E-state index contributed by atoms with van der Waals surface area (Å²) in [5.41, 5.74) is 6.29. The molecule has 3 aromatic carbocycles. The Hall–Kier alpha value is -3.46. The average molecular weight is 449 g/mol. The van der Waals surface area contributed by atoms with Crippen molar-refractivity contribution in [1.82, 2.24) is 0 Å². The number of hydrogen-bond donors (Lipinski definition) is 0. The molecule has 0 saturated carbocycles. The number of rotatable bonds is 5. The van der Waals surface area contributed by atoms with Crippen LogP contribution in [0.2, 0.25) is 0 Å². The molecule has 34 heavy (non-hydrogen) atoms. The highest BCUT2D eigenvalue weighted by Gasteiger charge is 2.40. The summed E-state index contributed by atoms with van der Waals surface area (Å²) in [6, 6.07) is 20.9. The molecule has 1 unspecified atom stereocenters. The van der Waals surface area contributed by atoms with Gasteiger partial charge in [-0.05, 0) is 53.5 Å². The zero-order valence-electron chi connectivity index (χ0n) is 20.7. The highest BCUT2D eigenvalue weighted by molar-refractivity contribution is 6.61. The summed E-state index contributed by atoms with van der Waals surface area (Å²) in [6.45, 7) is 9.14. The first-order valence-electron chi connectivity index (χ1n) is 12.2. The molecule has 3 nitrogen and oxygen atoms in total. The fraction of sp³-hybridized carbons (Fsp3) is 0.290. The molecule has 0 radical (unpaired) electrons. The highest BCUT2D eigenvalue weighted by Crippen LogP contribution is 2.43. The van der Waals surface area contributed by atoms with Crippen molar-refractivity contribution in [3.8, 4) is 5.75 Å².